The zero-order chi connectivity index (χ0) is 14.9. The number of fused-ring (bicyclic) bond motifs is 3. The highest BCUT2D eigenvalue weighted by Gasteiger charge is 2.63. The molecule has 118 valence electrons. The largest absolute Gasteiger partial charge is 0.396 e. The average molecular weight is 288 g/mol. The van der Waals surface area contributed by atoms with Crippen LogP contribution >= 0.6 is 0 Å². The average Bonchev–Trinajstić information content (AvgIpc) is 2.68. The zero-order valence-corrected chi connectivity index (χ0v) is 14.0. The Morgan fingerprint density at radius 3 is 2.67 bits per heavy atom. The summed E-state index contributed by atoms with van der Waals surface area (Å²) in [5.41, 5.74) is 2.82. The van der Waals surface area contributed by atoms with Crippen molar-refractivity contribution in [1.29, 1.82) is 0 Å². The lowest BCUT2D eigenvalue weighted by molar-refractivity contribution is -0.158. The Kier molecular flexibility index (Phi) is 2.98. The van der Waals surface area contributed by atoms with Crippen molar-refractivity contribution in [2.75, 3.05) is 6.61 Å². The quantitative estimate of drug-likeness (QED) is 0.677. The molecular formula is C20H32O. The third-order valence-corrected chi connectivity index (χ3v) is 8.54. The predicted molar refractivity (Wildman–Crippen MR) is 86.9 cm³/mol. The molecule has 0 heterocycles. The molecule has 1 heteroatoms. The molecule has 0 radical (unpaired) electrons. The number of hydrogen-bond donors (Lipinski definition) is 1. The standard InChI is InChI=1S/C20H32O/c1-14-11-20-10-7-16-18(2,13-21)8-4-9-19(16,3)17(20)6-5-15(14)12-20/h15-17,21H,1,4-13H2,2-3H3/t15-,16?,17?,18+,19-,20-/m1/s1. The van der Waals surface area contributed by atoms with Gasteiger partial charge >= 0.3 is 0 Å². The number of allylic oxidation sites excluding steroid dienone is 1. The maximum absolute atomic E-state index is 10.1. The van der Waals surface area contributed by atoms with E-state index in [-0.39, 0.29) is 5.41 Å². The number of aliphatic hydroxyl groups is 1. The summed E-state index contributed by atoms with van der Waals surface area (Å²) in [6.45, 7) is 9.77. The van der Waals surface area contributed by atoms with Crippen LogP contribution in [-0.4, -0.2) is 11.7 Å². The molecule has 4 rings (SSSR count). The van der Waals surface area contributed by atoms with Crippen molar-refractivity contribution >= 4 is 0 Å². The molecule has 6 atom stereocenters. The van der Waals surface area contributed by atoms with Crippen molar-refractivity contribution in [2.45, 2.75) is 71.6 Å². The molecule has 4 saturated carbocycles. The fourth-order valence-corrected chi connectivity index (χ4v) is 7.68. The minimum absolute atomic E-state index is 0.182. The lowest BCUT2D eigenvalue weighted by Crippen LogP contribution is -2.57. The summed E-state index contributed by atoms with van der Waals surface area (Å²) < 4.78 is 0. The van der Waals surface area contributed by atoms with E-state index in [0.717, 1.165) is 17.8 Å². The van der Waals surface area contributed by atoms with Crippen LogP contribution in [0.25, 0.3) is 0 Å². The Balaban J connectivity index is 1.73. The molecule has 1 nitrogen and oxygen atoms in total. The topological polar surface area (TPSA) is 20.2 Å². The third kappa shape index (κ3) is 1.73. The summed E-state index contributed by atoms with van der Waals surface area (Å²) in [5, 5.41) is 10.1. The fraction of sp³-hybridized carbons (Fsp3) is 0.900. The van der Waals surface area contributed by atoms with E-state index >= 15 is 0 Å². The van der Waals surface area contributed by atoms with Crippen LogP contribution in [0.2, 0.25) is 0 Å². The van der Waals surface area contributed by atoms with Crippen LogP contribution in [0.1, 0.15) is 71.6 Å². The number of rotatable bonds is 1. The minimum Gasteiger partial charge on any atom is -0.396 e. The van der Waals surface area contributed by atoms with Crippen LogP contribution in [0.15, 0.2) is 12.2 Å². The van der Waals surface area contributed by atoms with Crippen LogP contribution in [0, 0.1) is 34.0 Å². The van der Waals surface area contributed by atoms with Gasteiger partial charge in [0.2, 0.25) is 0 Å². The van der Waals surface area contributed by atoms with Gasteiger partial charge in [0.05, 0.1) is 0 Å². The lowest BCUT2D eigenvalue weighted by Gasteiger charge is -2.64. The molecule has 0 aromatic carbocycles. The van der Waals surface area contributed by atoms with Gasteiger partial charge in [0, 0.05) is 6.61 Å². The second-order valence-electron chi connectivity index (χ2n) is 9.49. The molecule has 4 fully saturated rings. The molecular weight excluding hydrogens is 256 g/mol. The first-order chi connectivity index (χ1) is 9.94. The summed E-state index contributed by atoms with van der Waals surface area (Å²) in [6, 6.07) is 0. The highest BCUT2D eigenvalue weighted by atomic mass is 16.3. The highest BCUT2D eigenvalue weighted by molar-refractivity contribution is 5.22. The van der Waals surface area contributed by atoms with Gasteiger partial charge in [-0.1, -0.05) is 32.4 Å². The van der Waals surface area contributed by atoms with Crippen molar-refractivity contribution in [3.8, 4) is 0 Å². The van der Waals surface area contributed by atoms with E-state index in [1.807, 2.05) is 0 Å². The van der Waals surface area contributed by atoms with Gasteiger partial charge in [-0.15, -0.1) is 0 Å². The molecule has 21 heavy (non-hydrogen) atoms. The smallest absolute Gasteiger partial charge is 0.0487 e. The first kappa shape index (κ1) is 14.3. The second kappa shape index (κ2) is 4.37. The molecule has 0 aromatic rings. The summed E-state index contributed by atoms with van der Waals surface area (Å²) in [7, 11) is 0. The minimum atomic E-state index is 0.182. The Labute approximate surface area is 130 Å². The van der Waals surface area contributed by atoms with Crippen LogP contribution < -0.4 is 0 Å². The van der Waals surface area contributed by atoms with Gasteiger partial charge in [-0.05, 0) is 85.4 Å². The normalized spacial score (nSPS) is 56.0. The van der Waals surface area contributed by atoms with Crippen LogP contribution in [-0.2, 0) is 0 Å². The van der Waals surface area contributed by atoms with E-state index in [9.17, 15) is 5.11 Å². The van der Waals surface area contributed by atoms with Gasteiger partial charge < -0.3 is 5.11 Å². The molecule has 2 bridgehead atoms. The van der Waals surface area contributed by atoms with Gasteiger partial charge in [-0.2, -0.15) is 0 Å². The number of aliphatic hydroxyl groups excluding tert-OH is 1. The highest BCUT2D eigenvalue weighted by Crippen LogP contribution is 2.72. The predicted octanol–water partition coefficient (Wildman–Crippen LogP) is 4.95. The monoisotopic (exact) mass is 288 g/mol. The molecule has 4 aliphatic rings. The lowest BCUT2D eigenvalue weighted by atomic mass is 9.41. The molecule has 0 aromatic heterocycles. The van der Waals surface area contributed by atoms with Crippen molar-refractivity contribution in [2.24, 2.45) is 34.0 Å². The van der Waals surface area contributed by atoms with Gasteiger partial charge in [0.25, 0.3) is 0 Å². The maximum Gasteiger partial charge on any atom is 0.0487 e. The second-order valence-corrected chi connectivity index (χ2v) is 9.49. The Hall–Kier alpha value is -0.300. The molecule has 0 amide bonds. The summed E-state index contributed by atoms with van der Waals surface area (Å²) in [5.74, 6) is 2.48. The van der Waals surface area contributed by atoms with E-state index in [1.54, 1.807) is 5.57 Å². The molecule has 2 unspecified atom stereocenters. The van der Waals surface area contributed by atoms with E-state index in [1.165, 1.54) is 57.8 Å². The zero-order valence-electron chi connectivity index (χ0n) is 14.0. The van der Waals surface area contributed by atoms with Crippen molar-refractivity contribution < 1.29 is 5.11 Å². The van der Waals surface area contributed by atoms with Gasteiger partial charge in [-0.25, -0.2) is 0 Å². The molecule has 1 N–H and O–H groups in total. The first-order valence-corrected chi connectivity index (χ1v) is 9.22. The van der Waals surface area contributed by atoms with Gasteiger partial charge in [0.15, 0.2) is 0 Å². The van der Waals surface area contributed by atoms with E-state index in [0.29, 0.717) is 17.4 Å². The van der Waals surface area contributed by atoms with E-state index < -0.39 is 0 Å². The maximum atomic E-state index is 10.1. The van der Waals surface area contributed by atoms with Crippen LogP contribution in [0.4, 0.5) is 0 Å². The van der Waals surface area contributed by atoms with Crippen LogP contribution in [0.5, 0.6) is 0 Å². The summed E-state index contributed by atoms with van der Waals surface area (Å²) in [6.07, 6.45) is 12.3. The van der Waals surface area contributed by atoms with E-state index in [4.69, 9.17) is 0 Å². The van der Waals surface area contributed by atoms with Gasteiger partial charge in [-0.3, -0.25) is 0 Å². The Morgan fingerprint density at radius 1 is 1.10 bits per heavy atom. The fourth-order valence-electron chi connectivity index (χ4n) is 7.68. The Morgan fingerprint density at radius 2 is 1.90 bits per heavy atom. The van der Waals surface area contributed by atoms with Crippen molar-refractivity contribution in [3.63, 3.8) is 0 Å². The SMILES string of the molecule is C=C1C[C@@]23CCC4[C@](C)(CO)CCC[C@@]4(C)C2CC[C@@H]1C3. The molecule has 4 aliphatic carbocycles. The van der Waals surface area contributed by atoms with Crippen LogP contribution in [0.3, 0.4) is 0 Å². The van der Waals surface area contributed by atoms with Gasteiger partial charge in [0.1, 0.15) is 0 Å². The van der Waals surface area contributed by atoms with E-state index in [2.05, 4.69) is 20.4 Å². The summed E-state index contributed by atoms with van der Waals surface area (Å²) in [4.78, 5) is 0. The molecule has 0 aliphatic heterocycles. The van der Waals surface area contributed by atoms with Crippen molar-refractivity contribution in [3.05, 3.63) is 12.2 Å². The van der Waals surface area contributed by atoms with Crippen molar-refractivity contribution in [1.82, 2.24) is 0 Å². The molecule has 0 saturated heterocycles. The third-order valence-electron chi connectivity index (χ3n) is 8.54. The molecule has 1 spiro atoms. The first-order valence-electron chi connectivity index (χ1n) is 9.22. The number of hydrogen-bond acceptors (Lipinski definition) is 1. The summed E-state index contributed by atoms with van der Waals surface area (Å²) >= 11 is 0. The Bertz CT molecular complexity index is 468.